The summed E-state index contributed by atoms with van der Waals surface area (Å²) in [7, 11) is 0. The molecule has 0 aliphatic heterocycles. The molecule has 0 spiro atoms. The first-order valence-corrected chi connectivity index (χ1v) is 16.9. The van der Waals surface area contributed by atoms with E-state index in [1.165, 1.54) is 70.6 Å². The molecule has 1 rings (SSSR count). The number of hydrogen-bond acceptors (Lipinski definition) is 1. The van der Waals surface area contributed by atoms with Gasteiger partial charge in [0.2, 0.25) is 0 Å². The monoisotopic (exact) mass is 389 g/mol. The topological polar surface area (TPSA) is 26.0 Å². The van der Waals surface area contributed by atoms with Gasteiger partial charge in [-0.25, -0.2) is 0 Å². The van der Waals surface area contributed by atoms with Crippen LogP contribution in [0.3, 0.4) is 0 Å². The van der Waals surface area contributed by atoms with Crippen LogP contribution >= 0.6 is 0 Å². The molecular weight excluding hydrogens is 349 g/mol. The first-order chi connectivity index (χ1) is 9.64. The van der Waals surface area contributed by atoms with Gasteiger partial charge in [0.05, 0.1) is 0 Å². The maximum absolute atomic E-state index is 7.15. The van der Waals surface area contributed by atoms with Crippen molar-refractivity contribution in [2.75, 3.05) is 0 Å². The van der Waals surface area contributed by atoms with E-state index in [1.54, 1.807) is 13.3 Å². The van der Waals surface area contributed by atoms with Crippen LogP contribution in [-0.2, 0) is 0 Å². The van der Waals surface area contributed by atoms with E-state index in [4.69, 9.17) is 5.73 Å². The molecule has 0 atom stereocenters. The Morgan fingerprint density at radius 1 is 0.750 bits per heavy atom. The van der Waals surface area contributed by atoms with Crippen molar-refractivity contribution in [1.29, 1.82) is 0 Å². The molecule has 1 saturated carbocycles. The third kappa shape index (κ3) is 4.90. The van der Waals surface area contributed by atoms with Crippen LogP contribution < -0.4 is 5.73 Å². The molecule has 120 valence electrons. The number of hydrogen-bond donors (Lipinski definition) is 1. The second-order valence-corrected chi connectivity index (χ2v) is 21.7. The average molecular weight is 388 g/mol. The van der Waals surface area contributed by atoms with Crippen LogP contribution in [0, 0.1) is 0 Å². The molecule has 1 aliphatic carbocycles. The predicted octanol–water partition coefficient (Wildman–Crippen LogP) is 6.04. The SMILES string of the molecule is CCC[CH2][Sn]([CH2]CCC)([CH2]CCC)[C]1(N)CCCCC1. The molecule has 2 heteroatoms. The molecule has 1 aliphatic rings. The van der Waals surface area contributed by atoms with Crippen molar-refractivity contribution in [3.8, 4) is 0 Å². The maximum atomic E-state index is 7.15. The standard InChI is InChI=1S/C6H12N.3C4H9.Sn/c7-6-4-2-1-3-5-6;3*1-3-4-2;/h1-5,7H2;3*1,3-4H2,2H3;. The summed E-state index contributed by atoms with van der Waals surface area (Å²) in [6.45, 7) is 7.08. The van der Waals surface area contributed by atoms with Crippen molar-refractivity contribution in [2.45, 2.75) is 108 Å². The van der Waals surface area contributed by atoms with Crippen LogP contribution in [0.15, 0.2) is 0 Å². The van der Waals surface area contributed by atoms with Gasteiger partial charge in [0, 0.05) is 0 Å². The first kappa shape index (κ1) is 18.8. The van der Waals surface area contributed by atoms with E-state index in [-0.39, 0.29) is 0 Å². The van der Waals surface area contributed by atoms with E-state index in [9.17, 15) is 0 Å². The van der Waals surface area contributed by atoms with Crippen molar-refractivity contribution >= 4 is 18.4 Å². The van der Waals surface area contributed by atoms with Crippen molar-refractivity contribution in [2.24, 2.45) is 5.73 Å². The third-order valence-electron chi connectivity index (χ3n) is 5.83. The second kappa shape index (κ2) is 9.71. The van der Waals surface area contributed by atoms with Crippen LogP contribution in [0.25, 0.3) is 0 Å². The predicted molar refractivity (Wildman–Crippen MR) is 94.9 cm³/mol. The van der Waals surface area contributed by atoms with Crippen molar-refractivity contribution in [3.63, 3.8) is 0 Å². The summed E-state index contributed by atoms with van der Waals surface area (Å²) in [6.07, 6.45) is 15.5. The summed E-state index contributed by atoms with van der Waals surface area (Å²) in [5.74, 6) is 0. The zero-order valence-corrected chi connectivity index (χ0v) is 17.3. The second-order valence-electron chi connectivity index (χ2n) is 7.31. The Morgan fingerprint density at radius 2 is 1.15 bits per heavy atom. The summed E-state index contributed by atoms with van der Waals surface area (Å²) in [4.78, 5) is 0. The summed E-state index contributed by atoms with van der Waals surface area (Å²) in [5.41, 5.74) is 7.15. The van der Waals surface area contributed by atoms with E-state index in [0.717, 1.165) is 0 Å². The van der Waals surface area contributed by atoms with Crippen molar-refractivity contribution < 1.29 is 0 Å². The Hall–Kier alpha value is 0.759. The van der Waals surface area contributed by atoms with E-state index in [1.807, 2.05) is 0 Å². The van der Waals surface area contributed by atoms with Crippen LogP contribution in [0.2, 0.25) is 13.3 Å². The quantitative estimate of drug-likeness (QED) is 0.454. The molecule has 0 aromatic carbocycles. The molecule has 0 bridgehead atoms. The zero-order valence-electron chi connectivity index (χ0n) is 14.5. The Labute approximate surface area is 132 Å². The minimum absolute atomic E-state index is 0.354. The molecule has 0 amide bonds. The molecule has 0 heterocycles. The first-order valence-electron chi connectivity index (χ1n) is 9.43. The Bertz CT molecular complexity index is 224. The molecule has 2 N–H and O–H groups in total. The number of rotatable bonds is 10. The van der Waals surface area contributed by atoms with E-state index < -0.39 is 18.4 Å². The molecule has 0 unspecified atom stereocenters. The van der Waals surface area contributed by atoms with Gasteiger partial charge in [0.15, 0.2) is 0 Å². The van der Waals surface area contributed by atoms with Crippen LogP contribution in [0.1, 0.15) is 91.4 Å². The Morgan fingerprint density at radius 3 is 1.50 bits per heavy atom. The van der Waals surface area contributed by atoms with Gasteiger partial charge in [-0.2, -0.15) is 0 Å². The van der Waals surface area contributed by atoms with Crippen LogP contribution in [0.5, 0.6) is 0 Å². The summed E-state index contributed by atoms with van der Waals surface area (Å²) in [5, 5.41) is 0. The Kier molecular flexibility index (Phi) is 9.13. The van der Waals surface area contributed by atoms with Gasteiger partial charge in [-0.1, -0.05) is 0 Å². The Balaban J connectivity index is 2.90. The van der Waals surface area contributed by atoms with Gasteiger partial charge >= 0.3 is 132 Å². The van der Waals surface area contributed by atoms with E-state index in [0.29, 0.717) is 3.55 Å². The van der Waals surface area contributed by atoms with Gasteiger partial charge in [-0.05, 0) is 0 Å². The van der Waals surface area contributed by atoms with Gasteiger partial charge in [0.1, 0.15) is 0 Å². The summed E-state index contributed by atoms with van der Waals surface area (Å²) in [6, 6.07) is 0. The zero-order chi connectivity index (χ0) is 14.9. The number of nitrogens with two attached hydrogens (primary N) is 1. The van der Waals surface area contributed by atoms with Gasteiger partial charge in [-0.3, -0.25) is 0 Å². The average Bonchev–Trinajstić information content (AvgIpc) is 2.47. The van der Waals surface area contributed by atoms with Gasteiger partial charge in [0.25, 0.3) is 0 Å². The van der Waals surface area contributed by atoms with Crippen LogP contribution in [0.4, 0.5) is 0 Å². The normalized spacial score (nSPS) is 19.2. The van der Waals surface area contributed by atoms with Gasteiger partial charge < -0.3 is 0 Å². The minimum atomic E-state index is -2.20. The molecule has 1 fully saturated rings. The molecule has 0 aromatic rings. The van der Waals surface area contributed by atoms with Gasteiger partial charge in [-0.15, -0.1) is 0 Å². The molecule has 0 saturated heterocycles. The van der Waals surface area contributed by atoms with E-state index >= 15 is 0 Å². The number of unbranched alkanes of at least 4 members (excludes halogenated alkanes) is 3. The summed E-state index contributed by atoms with van der Waals surface area (Å²) >= 11 is -2.20. The fourth-order valence-corrected chi connectivity index (χ4v) is 23.6. The third-order valence-corrected chi connectivity index (χ3v) is 24.5. The fourth-order valence-electron chi connectivity index (χ4n) is 4.38. The molecule has 20 heavy (non-hydrogen) atoms. The van der Waals surface area contributed by atoms with Crippen molar-refractivity contribution in [1.82, 2.24) is 0 Å². The molecule has 0 radical (unpaired) electrons. The van der Waals surface area contributed by atoms with Crippen molar-refractivity contribution in [3.05, 3.63) is 0 Å². The van der Waals surface area contributed by atoms with Crippen LogP contribution in [-0.4, -0.2) is 21.9 Å². The molecule has 1 nitrogen and oxygen atoms in total. The molecule has 0 aromatic heterocycles. The summed E-state index contributed by atoms with van der Waals surface area (Å²) < 4.78 is 5.11. The molecular formula is C18H39NSn. The fraction of sp³-hybridized carbons (Fsp3) is 1.00. The van der Waals surface area contributed by atoms with E-state index in [2.05, 4.69) is 20.8 Å².